The molecule has 21 heavy (non-hydrogen) atoms. The summed E-state index contributed by atoms with van der Waals surface area (Å²) in [5, 5.41) is 2.63. The number of halogens is 1. The highest BCUT2D eigenvalue weighted by Crippen LogP contribution is 2.17. The van der Waals surface area contributed by atoms with Crippen LogP contribution in [-0.2, 0) is 9.47 Å². The molecule has 0 aromatic rings. The molecule has 0 bridgehead atoms. The van der Waals surface area contributed by atoms with Gasteiger partial charge in [0.05, 0.1) is 6.54 Å². The minimum absolute atomic E-state index is 0.290. The van der Waals surface area contributed by atoms with Crippen LogP contribution in [0.25, 0.3) is 0 Å². The largest absolute Gasteiger partial charge is 0.444 e. The van der Waals surface area contributed by atoms with Gasteiger partial charge in [-0.15, -0.1) is 11.6 Å². The number of nitrogens with one attached hydrogen (secondary N) is 1. The molecular weight excluding hydrogens is 296 g/mol. The molecule has 0 unspecified atom stereocenters. The van der Waals surface area contributed by atoms with Crippen LogP contribution in [0.2, 0.25) is 0 Å². The maximum Gasteiger partial charge on any atom is 0.410 e. The number of amides is 2. The van der Waals surface area contributed by atoms with Crippen LogP contribution in [-0.4, -0.2) is 54.3 Å². The summed E-state index contributed by atoms with van der Waals surface area (Å²) >= 11 is 5.53. The molecule has 0 saturated carbocycles. The third-order valence-electron chi connectivity index (χ3n) is 2.88. The Morgan fingerprint density at radius 3 is 2.71 bits per heavy atom. The minimum atomic E-state index is -0.524. The highest BCUT2D eigenvalue weighted by Gasteiger charge is 2.29. The molecule has 0 aromatic heterocycles. The first-order chi connectivity index (χ1) is 9.81. The predicted molar refractivity (Wildman–Crippen MR) is 80.6 cm³/mol. The molecule has 2 amide bonds. The lowest BCUT2D eigenvalue weighted by atomic mass is 10.1. The Kier molecular flexibility index (Phi) is 7.08. The predicted octanol–water partition coefficient (Wildman–Crippen LogP) is 2.74. The molecule has 1 fully saturated rings. The molecule has 6 nitrogen and oxygen atoms in total. The van der Waals surface area contributed by atoms with Crippen LogP contribution in [0.15, 0.2) is 0 Å². The fourth-order valence-electron chi connectivity index (χ4n) is 1.98. The Balaban J connectivity index is 2.38. The summed E-state index contributed by atoms with van der Waals surface area (Å²) in [5.41, 5.74) is -0.524. The van der Waals surface area contributed by atoms with E-state index in [9.17, 15) is 9.59 Å². The van der Waals surface area contributed by atoms with Gasteiger partial charge in [0.2, 0.25) is 0 Å². The second kappa shape index (κ2) is 8.32. The number of carbonyl (C=O) groups excluding carboxylic acids is 2. The number of rotatable bonds is 4. The molecule has 1 saturated heterocycles. The smallest absolute Gasteiger partial charge is 0.410 e. The molecule has 1 aliphatic heterocycles. The van der Waals surface area contributed by atoms with Gasteiger partial charge in [-0.3, -0.25) is 0 Å². The second-order valence-corrected chi connectivity index (χ2v) is 6.44. The monoisotopic (exact) mass is 320 g/mol. The molecule has 1 N–H and O–H groups in total. The Morgan fingerprint density at radius 1 is 1.38 bits per heavy atom. The molecule has 0 aliphatic carbocycles. The average molecular weight is 321 g/mol. The summed E-state index contributed by atoms with van der Waals surface area (Å²) in [6, 6.07) is 0. The van der Waals surface area contributed by atoms with Crippen molar-refractivity contribution in [3.8, 4) is 0 Å². The number of likely N-dealkylation sites (tertiary alicyclic amines) is 1. The number of hydrogen-bond acceptors (Lipinski definition) is 4. The van der Waals surface area contributed by atoms with E-state index in [1.165, 1.54) is 0 Å². The molecule has 122 valence electrons. The second-order valence-electron chi connectivity index (χ2n) is 6.07. The van der Waals surface area contributed by atoms with Crippen LogP contribution in [0.1, 0.15) is 40.0 Å². The number of alkyl carbamates (subject to hydrolysis) is 1. The Hall–Kier alpha value is -1.17. The van der Waals surface area contributed by atoms with Gasteiger partial charge in [-0.05, 0) is 40.0 Å². The van der Waals surface area contributed by atoms with Crippen molar-refractivity contribution in [2.45, 2.75) is 51.7 Å². The zero-order chi connectivity index (χ0) is 15.9. The van der Waals surface area contributed by atoms with Crippen LogP contribution in [0.3, 0.4) is 0 Å². The van der Waals surface area contributed by atoms with E-state index in [0.29, 0.717) is 31.9 Å². The number of alkyl halides is 1. The van der Waals surface area contributed by atoms with Crippen molar-refractivity contribution < 1.29 is 19.1 Å². The summed E-state index contributed by atoms with van der Waals surface area (Å²) in [6.45, 7) is 6.97. The lowest BCUT2D eigenvalue weighted by molar-refractivity contribution is -0.000974. The molecule has 7 heteroatoms. The lowest BCUT2D eigenvalue weighted by Crippen LogP contribution is -2.46. The highest BCUT2D eigenvalue weighted by molar-refractivity contribution is 6.17. The third-order valence-corrected chi connectivity index (χ3v) is 3.15. The van der Waals surface area contributed by atoms with Crippen LogP contribution in [0.5, 0.6) is 0 Å². The summed E-state index contributed by atoms with van der Waals surface area (Å²) in [7, 11) is 0. The first-order valence-corrected chi connectivity index (χ1v) is 7.83. The lowest BCUT2D eigenvalue weighted by Gasteiger charge is -2.33. The van der Waals surface area contributed by atoms with Crippen molar-refractivity contribution >= 4 is 23.8 Å². The highest BCUT2D eigenvalue weighted by atomic mass is 35.5. The fraction of sp³-hybridized carbons (Fsp3) is 0.857. The number of hydrogen-bond donors (Lipinski definition) is 1. The van der Waals surface area contributed by atoms with Crippen molar-refractivity contribution in [2.75, 3.05) is 25.5 Å². The van der Waals surface area contributed by atoms with Crippen LogP contribution in [0.4, 0.5) is 9.59 Å². The van der Waals surface area contributed by atoms with E-state index in [1.54, 1.807) is 4.90 Å². The average Bonchev–Trinajstić information content (AvgIpc) is 2.37. The zero-order valence-electron chi connectivity index (χ0n) is 13.0. The standard InChI is InChI=1S/C14H25ClN2O4/c1-14(2,3)21-13(19)17-9-4-6-11(10-17)20-12(18)16-8-5-7-15/h11H,4-10H2,1-3H3,(H,16,18)/t11-/m1/s1. The van der Waals surface area contributed by atoms with Gasteiger partial charge in [-0.2, -0.15) is 0 Å². The molecule has 0 radical (unpaired) electrons. The van der Waals surface area contributed by atoms with E-state index in [2.05, 4.69) is 5.32 Å². The van der Waals surface area contributed by atoms with Crippen LogP contribution >= 0.6 is 11.6 Å². The van der Waals surface area contributed by atoms with E-state index in [1.807, 2.05) is 20.8 Å². The molecule has 0 spiro atoms. The first-order valence-electron chi connectivity index (χ1n) is 7.30. The van der Waals surface area contributed by atoms with Crippen molar-refractivity contribution in [2.24, 2.45) is 0 Å². The van der Waals surface area contributed by atoms with Gasteiger partial charge in [0.1, 0.15) is 11.7 Å². The molecular formula is C14H25ClN2O4. The van der Waals surface area contributed by atoms with Gasteiger partial charge >= 0.3 is 12.2 Å². The van der Waals surface area contributed by atoms with Crippen molar-refractivity contribution in [3.05, 3.63) is 0 Å². The van der Waals surface area contributed by atoms with Crippen LogP contribution in [0, 0.1) is 0 Å². The van der Waals surface area contributed by atoms with Gasteiger partial charge in [0.25, 0.3) is 0 Å². The van der Waals surface area contributed by atoms with Crippen molar-refractivity contribution in [3.63, 3.8) is 0 Å². The van der Waals surface area contributed by atoms with Gasteiger partial charge in [-0.1, -0.05) is 0 Å². The van der Waals surface area contributed by atoms with E-state index in [4.69, 9.17) is 21.1 Å². The summed E-state index contributed by atoms with van der Waals surface area (Å²) in [6.07, 6.45) is 1.13. The van der Waals surface area contributed by atoms with Crippen molar-refractivity contribution in [1.29, 1.82) is 0 Å². The number of nitrogens with zero attached hydrogens (tertiary/aromatic N) is 1. The normalized spacial score (nSPS) is 19.0. The number of carbonyl (C=O) groups is 2. The minimum Gasteiger partial charge on any atom is -0.444 e. The molecule has 0 aromatic carbocycles. The van der Waals surface area contributed by atoms with Gasteiger partial charge in [0, 0.05) is 19.0 Å². The molecule has 1 atom stereocenters. The molecule has 1 heterocycles. The fourth-order valence-corrected chi connectivity index (χ4v) is 2.11. The quantitative estimate of drug-likeness (QED) is 0.639. The zero-order valence-corrected chi connectivity index (χ0v) is 13.7. The number of ether oxygens (including phenoxy) is 2. The summed E-state index contributed by atoms with van der Waals surface area (Å²) in [4.78, 5) is 25.2. The van der Waals surface area contributed by atoms with E-state index < -0.39 is 11.7 Å². The number of piperidine rings is 1. The maximum absolute atomic E-state index is 12.0. The topological polar surface area (TPSA) is 67.9 Å². The van der Waals surface area contributed by atoms with E-state index in [0.717, 1.165) is 12.8 Å². The third kappa shape index (κ3) is 7.41. The van der Waals surface area contributed by atoms with Gasteiger partial charge in [0.15, 0.2) is 0 Å². The summed E-state index contributed by atoms with van der Waals surface area (Å²) in [5.74, 6) is 0.496. The summed E-state index contributed by atoms with van der Waals surface area (Å²) < 4.78 is 10.6. The molecule has 1 aliphatic rings. The van der Waals surface area contributed by atoms with Gasteiger partial charge in [-0.25, -0.2) is 9.59 Å². The maximum atomic E-state index is 12.0. The Morgan fingerprint density at radius 2 is 2.10 bits per heavy atom. The van der Waals surface area contributed by atoms with E-state index in [-0.39, 0.29) is 12.2 Å². The molecule has 1 rings (SSSR count). The van der Waals surface area contributed by atoms with E-state index >= 15 is 0 Å². The van der Waals surface area contributed by atoms with Crippen LogP contribution < -0.4 is 5.32 Å². The Bertz CT molecular complexity index is 357. The van der Waals surface area contributed by atoms with Crippen molar-refractivity contribution in [1.82, 2.24) is 10.2 Å². The Labute approximate surface area is 131 Å². The van der Waals surface area contributed by atoms with Gasteiger partial charge < -0.3 is 19.7 Å². The SMILES string of the molecule is CC(C)(C)OC(=O)N1CCC[C@@H](OC(=O)NCCCCl)C1. The first kappa shape index (κ1) is 17.9.